The van der Waals surface area contributed by atoms with E-state index in [0.717, 1.165) is 32.7 Å². The van der Waals surface area contributed by atoms with Gasteiger partial charge in [0, 0.05) is 27.3 Å². The molecule has 1 aromatic heterocycles. The molecule has 2 saturated carbocycles. The van der Waals surface area contributed by atoms with Gasteiger partial charge >= 0.3 is 4.87 Å². The number of fused-ring (bicyclic) bond motifs is 10. The van der Waals surface area contributed by atoms with Crippen LogP contribution in [0.25, 0.3) is 10.8 Å². The number of benzene rings is 4. The van der Waals surface area contributed by atoms with Crippen LogP contribution in [0.3, 0.4) is 0 Å². The van der Waals surface area contributed by atoms with Crippen LogP contribution in [0, 0.1) is 29.6 Å². The molecule has 1 saturated heterocycles. The minimum absolute atomic E-state index is 0.000978. The predicted molar refractivity (Wildman–Crippen MR) is 188 cm³/mol. The van der Waals surface area contributed by atoms with Gasteiger partial charge in [0.25, 0.3) is 5.91 Å². The highest BCUT2D eigenvalue weighted by Crippen LogP contribution is 2.69. The van der Waals surface area contributed by atoms with Crippen LogP contribution >= 0.6 is 23.1 Å². The monoisotopic (exact) mass is 689 g/mol. The van der Waals surface area contributed by atoms with Crippen LogP contribution in [-0.4, -0.2) is 41.7 Å². The first-order valence-electron chi connectivity index (χ1n) is 16.3. The smallest absolute Gasteiger partial charge is 0.305 e. The summed E-state index contributed by atoms with van der Waals surface area (Å²) in [6, 6.07) is 28.4. The largest absolute Gasteiger partial charge is 0.497 e. The zero-order valence-electron chi connectivity index (χ0n) is 26.3. The van der Waals surface area contributed by atoms with Crippen LogP contribution in [0.4, 0.5) is 11.4 Å². The van der Waals surface area contributed by atoms with Gasteiger partial charge in [0.1, 0.15) is 11.5 Å². The molecular formula is C38H31N3O6S2. The van der Waals surface area contributed by atoms with E-state index >= 15 is 0 Å². The second kappa shape index (κ2) is 11.6. The van der Waals surface area contributed by atoms with Crippen molar-refractivity contribution in [2.45, 2.75) is 22.6 Å². The highest BCUT2D eigenvalue weighted by atomic mass is 32.2. The van der Waals surface area contributed by atoms with Gasteiger partial charge in [0.2, 0.25) is 11.8 Å². The van der Waals surface area contributed by atoms with Crippen molar-refractivity contribution in [3.8, 4) is 11.5 Å². The maximum Gasteiger partial charge on any atom is 0.305 e. The SMILES string of the molecule is COc1ccc(N2C(=O)[C@H]3[C@H]4C[C@@H]([C@@H]3C2=O)[C@@H]2[C@H](c3ccccc3OCC(=O)Nc3ccc5ccccc5c3)c3sc(=O)[nH]c3S[C@H]42)cc1. The van der Waals surface area contributed by atoms with Crippen molar-refractivity contribution < 1.29 is 23.9 Å². The molecule has 0 radical (unpaired) electrons. The Bertz CT molecular complexity index is 2210. The average Bonchev–Trinajstić information content (AvgIpc) is 3.86. The van der Waals surface area contributed by atoms with Crippen LogP contribution in [0.15, 0.2) is 101 Å². The molecule has 11 heteroatoms. The number of carbonyl (C=O) groups excluding carboxylic acids is 3. The number of imide groups is 1. The highest BCUT2D eigenvalue weighted by Gasteiger charge is 2.69. The quantitative estimate of drug-likeness (QED) is 0.193. The van der Waals surface area contributed by atoms with E-state index in [9.17, 15) is 19.2 Å². The summed E-state index contributed by atoms with van der Waals surface area (Å²) in [6.45, 7) is -0.198. The molecule has 0 unspecified atom stereocenters. The summed E-state index contributed by atoms with van der Waals surface area (Å²) in [4.78, 5) is 59.2. The Labute approximate surface area is 289 Å². The third-order valence-electron chi connectivity index (χ3n) is 10.7. The number of anilines is 2. The minimum atomic E-state index is -0.429. The number of hydrogen-bond acceptors (Lipinski definition) is 8. The number of carbonyl (C=O) groups is 3. The summed E-state index contributed by atoms with van der Waals surface area (Å²) in [5.41, 5.74) is 2.12. The molecule has 3 heterocycles. The molecule has 2 aliphatic carbocycles. The van der Waals surface area contributed by atoms with Gasteiger partial charge in [-0.1, -0.05) is 59.9 Å². The van der Waals surface area contributed by atoms with Gasteiger partial charge < -0.3 is 19.8 Å². The zero-order chi connectivity index (χ0) is 33.4. The first-order valence-corrected chi connectivity index (χ1v) is 18.0. The molecule has 3 fully saturated rings. The Morgan fingerprint density at radius 2 is 1.63 bits per heavy atom. The van der Waals surface area contributed by atoms with Crippen LogP contribution in [0.1, 0.15) is 22.8 Å². The fraction of sp³-hybridized carbons (Fsp3) is 0.263. The van der Waals surface area contributed by atoms with Crippen LogP contribution in [0.2, 0.25) is 0 Å². The Balaban J connectivity index is 1.02. The summed E-state index contributed by atoms with van der Waals surface area (Å²) >= 11 is 2.83. The normalized spacial score (nSPS) is 26.4. The zero-order valence-corrected chi connectivity index (χ0v) is 28.0. The standard InChI is InChI=1S/C38H31N3O6S2/c1-46-23-14-12-22(13-15-23)41-36(43)31-25-17-26(32(31)37(41)44)33-30(25)29(34-35(48-33)40-38(45)49-34)24-8-4-5-9-27(24)47-18-28(42)39-21-11-10-19-6-2-3-7-20(19)16-21/h2-16,25-26,29-33H,17-18H2,1H3,(H,39,42)(H,40,45)/t25-,26-,29+,30-,31+,32+,33-/m1/s1. The van der Waals surface area contributed by atoms with Crippen LogP contribution in [0.5, 0.6) is 11.5 Å². The minimum Gasteiger partial charge on any atom is -0.497 e. The van der Waals surface area contributed by atoms with E-state index in [1.54, 1.807) is 43.1 Å². The molecule has 4 aliphatic rings. The fourth-order valence-corrected chi connectivity index (χ4v) is 11.7. The van der Waals surface area contributed by atoms with Crippen molar-refractivity contribution >= 4 is 63.0 Å². The van der Waals surface area contributed by atoms with E-state index < -0.39 is 11.8 Å². The van der Waals surface area contributed by atoms with Crippen molar-refractivity contribution in [3.63, 3.8) is 0 Å². The number of para-hydroxylation sites is 1. The molecule has 0 spiro atoms. The van der Waals surface area contributed by atoms with E-state index in [1.807, 2.05) is 66.7 Å². The van der Waals surface area contributed by atoms with Gasteiger partial charge in [-0.3, -0.25) is 24.1 Å². The Morgan fingerprint density at radius 1 is 0.898 bits per heavy atom. The summed E-state index contributed by atoms with van der Waals surface area (Å²) in [7, 11) is 1.58. The van der Waals surface area contributed by atoms with Crippen molar-refractivity contribution in [1.29, 1.82) is 0 Å². The Hall–Kier alpha value is -4.87. The van der Waals surface area contributed by atoms with E-state index in [2.05, 4.69) is 10.3 Å². The van der Waals surface area contributed by atoms with Gasteiger partial charge in [-0.15, -0.1) is 11.8 Å². The lowest BCUT2D eigenvalue weighted by Crippen LogP contribution is -2.42. The third-order valence-corrected chi connectivity index (χ3v) is 13.3. The molecular weight excluding hydrogens is 659 g/mol. The number of amides is 3. The van der Waals surface area contributed by atoms with Crippen molar-refractivity contribution in [2.24, 2.45) is 29.6 Å². The number of methoxy groups -OCH3 is 1. The number of rotatable bonds is 7. The van der Waals surface area contributed by atoms with Gasteiger partial charge in [0.05, 0.1) is 29.7 Å². The Morgan fingerprint density at radius 3 is 2.43 bits per heavy atom. The molecule has 3 amide bonds. The first-order chi connectivity index (χ1) is 23.9. The van der Waals surface area contributed by atoms with E-state index in [-0.39, 0.29) is 58.1 Å². The maximum absolute atomic E-state index is 14.1. The lowest BCUT2D eigenvalue weighted by Gasteiger charge is -2.43. The van der Waals surface area contributed by atoms with Crippen LogP contribution in [-0.2, 0) is 14.4 Å². The van der Waals surface area contributed by atoms with E-state index in [0.29, 0.717) is 22.9 Å². The predicted octanol–water partition coefficient (Wildman–Crippen LogP) is 6.29. The number of nitrogens with one attached hydrogen (secondary N) is 2. The third kappa shape index (κ3) is 4.81. The molecule has 5 aromatic rings. The molecule has 49 heavy (non-hydrogen) atoms. The lowest BCUT2D eigenvalue weighted by atomic mass is 9.68. The maximum atomic E-state index is 14.1. The molecule has 2 aliphatic heterocycles. The van der Waals surface area contributed by atoms with Gasteiger partial charge in [-0.2, -0.15) is 0 Å². The summed E-state index contributed by atoms with van der Waals surface area (Å²) in [6.07, 6.45) is 0.776. The molecule has 246 valence electrons. The van der Waals surface area contributed by atoms with Crippen molar-refractivity contribution in [3.05, 3.63) is 111 Å². The summed E-state index contributed by atoms with van der Waals surface area (Å²) < 4.78 is 11.5. The molecule has 7 atom stereocenters. The second-order valence-corrected chi connectivity index (χ2v) is 15.3. The number of aromatic amines is 1. The van der Waals surface area contributed by atoms with Crippen LogP contribution < -0.4 is 24.6 Å². The van der Waals surface area contributed by atoms with Gasteiger partial charge in [-0.25, -0.2) is 0 Å². The van der Waals surface area contributed by atoms with Crippen molar-refractivity contribution in [1.82, 2.24) is 4.98 Å². The average molecular weight is 690 g/mol. The number of thioether (sulfide) groups is 1. The highest BCUT2D eigenvalue weighted by molar-refractivity contribution is 8.00. The Kier molecular flexibility index (Phi) is 7.17. The second-order valence-electron chi connectivity index (χ2n) is 13.1. The lowest BCUT2D eigenvalue weighted by molar-refractivity contribution is -0.123. The fourth-order valence-electron chi connectivity index (χ4n) is 8.83. The van der Waals surface area contributed by atoms with E-state index in [1.165, 1.54) is 16.2 Å². The van der Waals surface area contributed by atoms with Gasteiger partial charge in [-0.05, 0) is 77.4 Å². The molecule has 2 bridgehead atoms. The molecule has 4 aromatic carbocycles. The molecule has 9 nitrogen and oxygen atoms in total. The number of H-pyrrole nitrogens is 1. The number of ether oxygens (including phenoxy) is 2. The number of hydrogen-bond donors (Lipinski definition) is 2. The summed E-state index contributed by atoms with van der Waals surface area (Å²) in [5.74, 6) is -0.494. The number of thiazole rings is 1. The number of aromatic nitrogens is 1. The van der Waals surface area contributed by atoms with Gasteiger partial charge in [0.15, 0.2) is 6.61 Å². The molecule has 9 rings (SSSR count). The summed E-state index contributed by atoms with van der Waals surface area (Å²) in [5, 5.41) is 5.91. The topological polar surface area (TPSA) is 118 Å². The first kappa shape index (κ1) is 30.2. The van der Waals surface area contributed by atoms with Crippen molar-refractivity contribution in [2.75, 3.05) is 23.9 Å². The van der Waals surface area contributed by atoms with E-state index in [4.69, 9.17) is 9.47 Å². The molecule has 2 N–H and O–H groups in total. The number of nitrogens with zero attached hydrogens (tertiary/aromatic N) is 1.